The smallest absolute Gasteiger partial charge is 1.00 e. The van der Waals surface area contributed by atoms with Crippen molar-refractivity contribution in [3.8, 4) is 0 Å². The molecule has 0 amide bonds. The summed E-state index contributed by atoms with van der Waals surface area (Å²) >= 11 is 0. The molecule has 0 heterocycles. The average molecular weight is 166 g/mol. The molecule has 0 fully saturated rings. The van der Waals surface area contributed by atoms with Gasteiger partial charge in [-0.1, -0.05) is 0 Å². The van der Waals surface area contributed by atoms with Gasteiger partial charge in [0.25, 0.3) is 0 Å². The number of hydrogen-bond acceptors (Lipinski definition) is 3. The average Bonchev–Trinajstić information content (AvgIpc) is 0.811. The van der Waals surface area contributed by atoms with Crippen LogP contribution in [0, 0.1) is 0 Å². The van der Waals surface area contributed by atoms with Crippen LogP contribution in [-0.2, 0) is 0 Å². The molecule has 0 aromatic rings. The van der Waals surface area contributed by atoms with Crippen LogP contribution in [0.15, 0.2) is 0 Å². The topological polar surface area (TPSA) is 60.7 Å². The Morgan fingerprint density at radius 3 is 0.500 bits per heavy atom. The fourth-order valence-electron chi connectivity index (χ4n) is 0. The van der Waals surface area contributed by atoms with Crippen molar-refractivity contribution in [3.63, 3.8) is 0 Å². The van der Waals surface area contributed by atoms with Crippen molar-refractivity contribution >= 4 is 7.32 Å². The Morgan fingerprint density at radius 2 is 0.500 bits per heavy atom. The molecule has 0 saturated heterocycles. The molecule has 0 radical (unpaired) electrons. The normalized spacial score (nSPS) is 2.25. The third-order valence-electron chi connectivity index (χ3n) is 0. The van der Waals surface area contributed by atoms with Crippen LogP contribution in [0.3, 0.4) is 0 Å². The first-order chi connectivity index (χ1) is 1.73. The first kappa shape index (κ1) is 93.8. The summed E-state index contributed by atoms with van der Waals surface area (Å²) < 4.78 is 0. The van der Waals surface area contributed by atoms with Gasteiger partial charge in [0.2, 0.25) is 0 Å². The molecule has 12 heteroatoms. The Morgan fingerprint density at radius 1 is 0.500 bits per heavy atom. The molecule has 0 spiro atoms. The third kappa shape index (κ3) is 349. The van der Waals surface area contributed by atoms with Gasteiger partial charge in [0, 0.05) is 0 Å². The van der Waals surface area contributed by atoms with Crippen LogP contribution in [0.5, 0.6) is 0 Å². The number of rotatable bonds is 0. The molecule has 0 unspecified atom stereocenters. The quantitative estimate of drug-likeness (QED) is 0.247. The van der Waals surface area contributed by atoms with Gasteiger partial charge in [-0.05, 0) is 0 Å². The van der Waals surface area contributed by atoms with E-state index < -0.39 is 7.32 Å². The van der Waals surface area contributed by atoms with Crippen LogP contribution in [0.4, 0.5) is 0 Å². The van der Waals surface area contributed by atoms with E-state index in [-0.39, 0.29) is 94.3 Å². The molecular formula is H3BF4Li4O3. The summed E-state index contributed by atoms with van der Waals surface area (Å²) in [5.74, 6) is 0. The van der Waals surface area contributed by atoms with Crippen molar-refractivity contribution in [1.82, 2.24) is 0 Å². The van der Waals surface area contributed by atoms with E-state index in [2.05, 4.69) is 0 Å². The summed E-state index contributed by atoms with van der Waals surface area (Å²) in [6.45, 7) is 0. The fraction of sp³-hybridized carbons (Fsp3) is 0. The van der Waals surface area contributed by atoms with E-state index in [0.717, 1.165) is 0 Å². The predicted octanol–water partition coefficient (Wildman–Crippen LogP) is -26.0. The Balaban J connectivity index is -0.00000000161. The summed E-state index contributed by atoms with van der Waals surface area (Å²) in [5, 5.41) is 21.5. The van der Waals surface area contributed by atoms with Gasteiger partial charge in [0.05, 0.1) is 0 Å². The maximum atomic E-state index is 7.17. The van der Waals surface area contributed by atoms with E-state index in [4.69, 9.17) is 15.1 Å². The SMILES string of the molecule is OB(O)O.[F-].[F-].[F-].[F-].[Li+].[Li+].[Li+].[Li+]. The van der Waals surface area contributed by atoms with Crippen molar-refractivity contribution in [2.45, 2.75) is 0 Å². The molecule has 0 aliphatic carbocycles. The summed E-state index contributed by atoms with van der Waals surface area (Å²) in [4.78, 5) is 0. The van der Waals surface area contributed by atoms with Crippen molar-refractivity contribution < 1.29 is 109 Å². The largest absolute Gasteiger partial charge is 1.00 e. The number of hydrogen-bond donors (Lipinski definition) is 3. The molecule has 56 valence electrons. The second kappa shape index (κ2) is 74.3. The zero-order valence-corrected chi connectivity index (χ0v) is 7.43. The van der Waals surface area contributed by atoms with E-state index in [1.54, 1.807) is 0 Å². The Bertz CT molecular complexity index is 27.0. The van der Waals surface area contributed by atoms with E-state index in [9.17, 15) is 0 Å². The van der Waals surface area contributed by atoms with Gasteiger partial charge in [-0.2, -0.15) is 0 Å². The second-order valence-electron chi connectivity index (χ2n) is 0.346. The standard InChI is InChI=1S/BH3O3.4FH.4Li/c2-1(3)4;;;;;;;;/h2-4H;4*1H;;;;/q;;;;;4*+1/p-4. The van der Waals surface area contributed by atoms with Crippen LogP contribution in [-0.4, -0.2) is 22.4 Å². The maximum Gasteiger partial charge on any atom is 1.00 e. The van der Waals surface area contributed by atoms with Crippen molar-refractivity contribution in [1.29, 1.82) is 0 Å². The van der Waals surface area contributed by atoms with Crippen molar-refractivity contribution in [2.24, 2.45) is 0 Å². The van der Waals surface area contributed by atoms with Crippen LogP contribution >= 0.6 is 0 Å². The molecule has 0 aliphatic rings. The van der Waals surface area contributed by atoms with E-state index >= 15 is 0 Å². The molecule has 0 aliphatic heterocycles. The van der Waals surface area contributed by atoms with E-state index in [1.165, 1.54) is 0 Å². The van der Waals surface area contributed by atoms with E-state index in [0.29, 0.717) is 0 Å². The Labute approximate surface area is 116 Å². The monoisotopic (exact) mass is 166 g/mol. The molecule has 0 rings (SSSR count). The summed E-state index contributed by atoms with van der Waals surface area (Å²) in [5.41, 5.74) is 0. The molecule has 3 nitrogen and oxygen atoms in total. The zero-order chi connectivity index (χ0) is 3.58. The first-order valence-electron chi connectivity index (χ1n) is 0.775. The van der Waals surface area contributed by atoms with Crippen LogP contribution in [0.25, 0.3) is 0 Å². The van der Waals surface area contributed by atoms with Gasteiger partial charge in [-0.15, -0.1) is 0 Å². The Hall–Kier alpha value is 2.05. The van der Waals surface area contributed by atoms with Gasteiger partial charge >= 0.3 is 82.8 Å². The van der Waals surface area contributed by atoms with E-state index in [1.807, 2.05) is 0 Å². The van der Waals surface area contributed by atoms with Crippen LogP contribution in [0.2, 0.25) is 0 Å². The fourth-order valence-corrected chi connectivity index (χ4v) is 0. The summed E-state index contributed by atoms with van der Waals surface area (Å²) in [7, 11) is -2.17. The second-order valence-corrected chi connectivity index (χ2v) is 0.346. The molecule has 0 saturated carbocycles. The van der Waals surface area contributed by atoms with Gasteiger partial charge in [-0.25, -0.2) is 0 Å². The maximum absolute atomic E-state index is 7.17. The van der Waals surface area contributed by atoms with Gasteiger partial charge in [0.1, 0.15) is 0 Å². The Kier molecular flexibility index (Phi) is 580. The van der Waals surface area contributed by atoms with Crippen LogP contribution < -0.4 is 94.3 Å². The minimum absolute atomic E-state index is 0. The predicted molar refractivity (Wildman–Crippen MR) is 12.4 cm³/mol. The molecule has 3 N–H and O–H groups in total. The minimum Gasteiger partial charge on any atom is -1.00 e. The molecule has 0 atom stereocenters. The summed E-state index contributed by atoms with van der Waals surface area (Å²) in [6.07, 6.45) is 0. The third-order valence-corrected chi connectivity index (χ3v) is 0. The van der Waals surface area contributed by atoms with Crippen LogP contribution in [0.1, 0.15) is 0 Å². The number of halogens is 4. The van der Waals surface area contributed by atoms with Gasteiger partial charge in [0.15, 0.2) is 0 Å². The van der Waals surface area contributed by atoms with Crippen molar-refractivity contribution in [3.05, 3.63) is 0 Å². The summed E-state index contributed by atoms with van der Waals surface area (Å²) in [6, 6.07) is 0. The first-order valence-corrected chi connectivity index (χ1v) is 0.775. The zero-order valence-electron chi connectivity index (χ0n) is 7.43. The molecular weight excluding hydrogens is 163 g/mol. The molecule has 12 heavy (non-hydrogen) atoms. The molecule has 0 aromatic carbocycles. The minimum atomic E-state index is -2.17. The van der Waals surface area contributed by atoms with Gasteiger partial charge in [-0.3, -0.25) is 0 Å². The molecule has 0 bridgehead atoms. The molecule has 0 aromatic heterocycles. The van der Waals surface area contributed by atoms with Crippen molar-refractivity contribution in [2.75, 3.05) is 0 Å². The van der Waals surface area contributed by atoms with Gasteiger partial charge < -0.3 is 33.9 Å².